The van der Waals surface area contributed by atoms with Crippen LogP contribution in [0.4, 0.5) is 0 Å². The second-order valence-electron chi connectivity index (χ2n) is 4.52. The normalized spacial score (nSPS) is 24.6. The molecule has 0 aliphatic heterocycles. The Hall–Kier alpha value is -0.290. The van der Waals surface area contributed by atoms with Crippen molar-refractivity contribution in [2.45, 2.75) is 43.0 Å². The van der Waals surface area contributed by atoms with Crippen molar-refractivity contribution >= 4 is 27.7 Å². The Bertz CT molecular complexity index is 389. The van der Waals surface area contributed by atoms with E-state index in [4.69, 9.17) is 4.74 Å². The number of thioether (sulfide) groups is 1. The Morgan fingerprint density at radius 3 is 3.00 bits per heavy atom. The molecule has 1 aliphatic rings. The largest absolute Gasteiger partial charge is 0.480 e. The summed E-state index contributed by atoms with van der Waals surface area (Å²) in [5, 5.41) is 1.48. The molecule has 2 atom stereocenters. The quantitative estimate of drug-likeness (QED) is 0.792. The summed E-state index contributed by atoms with van der Waals surface area (Å²) in [4.78, 5) is 8.72. The summed E-state index contributed by atoms with van der Waals surface area (Å²) >= 11 is 5.15. The molecule has 1 heterocycles. The summed E-state index contributed by atoms with van der Waals surface area (Å²) in [6, 6.07) is 0. The van der Waals surface area contributed by atoms with Crippen molar-refractivity contribution in [1.29, 1.82) is 0 Å². The lowest BCUT2D eigenvalue weighted by Gasteiger charge is -2.25. The van der Waals surface area contributed by atoms with Gasteiger partial charge in [0.25, 0.3) is 0 Å². The number of hydrogen-bond acceptors (Lipinski definition) is 4. The van der Waals surface area contributed by atoms with E-state index in [1.807, 2.05) is 0 Å². The molecule has 1 fully saturated rings. The smallest absolute Gasteiger partial charge is 0.231 e. The van der Waals surface area contributed by atoms with E-state index in [2.05, 4.69) is 32.8 Å². The molecule has 3 nitrogen and oxygen atoms in total. The lowest BCUT2D eigenvalue weighted by atomic mass is 9.91. The van der Waals surface area contributed by atoms with Gasteiger partial charge in [0.15, 0.2) is 5.16 Å². The van der Waals surface area contributed by atoms with Gasteiger partial charge in [-0.15, -0.1) is 0 Å². The van der Waals surface area contributed by atoms with Gasteiger partial charge in [-0.05, 0) is 34.7 Å². The molecular weight excluding hydrogens is 300 g/mol. The van der Waals surface area contributed by atoms with E-state index in [1.54, 1.807) is 25.1 Å². The molecule has 0 amide bonds. The predicted octanol–water partition coefficient (Wildman–Crippen LogP) is 3.92. The highest BCUT2D eigenvalue weighted by atomic mass is 79.9. The SMILES string of the molecule is COc1nc(SC2CCCC(C)C2)ncc1Br. The van der Waals surface area contributed by atoms with Gasteiger partial charge in [0.2, 0.25) is 5.88 Å². The first-order chi connectivity index (χ1) is 8.19. The van der Waals surface area contributed by atoms with Crippen molar-refractivity contribution in [1.82, 2.24) is 9.97 Å². The van der Waals surface area contributed by atoms with Crippen LogP contribution < -0.4 is 4.74 Å². The lowest BCUT2D eigenvalue weighted by Crippen LogP contribution is -2.15. The number of nitrogens with zero attached hydrogens (tertiary/aromatic N) is 2. The molecule has 2 unspecified atom stereocenters. The molecule has 1 saturated carbocycles. The van der Waals surface area contributed by atoms with Gasteiger partial charge < -0.3 is 4.74 Å². The summed E-state index contributed by atoms with van der Waals surface area (Å²) in [5.74, 6) is 1.45. The Kier molecular flexibility index (Phi) is 4.68. The van der Waals surface area contributed by atoms with Crippen LogP contribution in [0.25, 0.3) is 0 Å². The second-order valence-corrected chi connectivity index (χ2v) is 6.64. The van der Waals surface area contributed by atoms with Gasteiger partial charge in [-0.3, -0.25) is 0 Å². The molecular formula is C12H17BrN2OS. The van der Waals surface area contributed by atoms with Crippen LogP contribution in [0.1, 0.15) is 32.6 Å². The molecule has 17 heavy (non-hydrogen) atoms. The van der Waals surface area contributed by atoms with Gasteiger partial charge in [0.05, 0.1) is 11.6 Å². The summed E-state index contributed by atoms with van der Waals surface area (Å²) < 4.78 is 5.99. The van der Waals surface area contributed by atoms with Gasteiger partial charge in [0, 0.05) is 11.4 Å². The van der Waals surface area contributed by atoms with Gasteiger partial charge in [0.1, 0.15) is 0 Å². The summed E-state index contributed by atoms with van der Waals surface area (Å²) in [5.41, 5.74) is 0. The highest BCUT2D eigenvalue weighted by Gasteiger charge is 2.21. The highest BCUT2D eigenvalue weighted by molar-refractivity contribution is 9.10. The average Bonchev–Trinajstić information content (AvgIpc) is 2.32. The molecule has 0 radical (unpaired) electrons. The molecule has 0 aromatic carbocycles. The van der Waals surface area contributed by atoms with Crippen molar-refractivity contribution in [3.8, 4) is 5.88 Å². The van der Waals surface area contributed by atoms with E-state index >= 15 is 0 Å². The van der Waals surface area contributed by atoms with Crippen LogP contribution in [0.2, 0.25) is 0 Å². The van der Waals surface area contributed by atoms with E-state index in [0.717, 1.165) is 15.5 Å². The topological polar surface area (TPSA) is 35.0 Å². The third-order valence-electron chi connectivity index (χ3n) is 3.04. The van der Waals surface area contributed by atoms with Crippen molar-refractivity contribution < 1.29 is 4.74 Å². The number of ether oxygens (including phenoxy) is 1. The van der Waals surface area contributed by atoms with Crippen LogP contribution in [0.15, 0.2) is 15.8 Å². The third kappa shape index (κ3) is 3.58. The Labute approximate surface area is 115 Å². The first kappa shape index (κ1) is 13.1. The zero-order valence-electron chi connectivity index (χ0n) is 10.1. The molecule has 1 aliphatic carbocycles. The maximum Gasteiger partial charge on any atom is 0.231 e. The number of aromatic nitrogens is 2. The molecule has 94 valence electrons. The molecule has 1 aromatic rings. The molecule has 0 spiro atoms. The summed E-state index contributed by atoms with van der Waals surface area (Å²) in [6.07, 6.45) is 7.00. The summed E-state index contributed by atoms with van der Waals surface area (Å²) in [6.45, 7) is 2.33. The van der Waals surface area contributed by atoms with Gasteiger partial charge in [-0.1, -0.05) is 31.5 Å². The molecule has 1 aromatic heterocycles. The first-order valence-electron chi connectivity index (χ1n) is 5.92. The zero-order valence-corrected chi connectivity index (χ0v) is 12.6. The number of halogens is 1. The number of methoxy groups -OCH3 is 1. The molecule has 0 saturated heterocycles. The molecule has 0 N–H and O–H groups in total. The molecule has 5 heteroatoms. The fourth-order valence-electron chi connectivity index (χ4n) is 2.17. The first-order valence-corrected chi connectivity index (χ1v) is 7.59. The van der Waals surface area contributed by atoms with Crippen LogP contribution >= 0.6 is 27.7 Å². The fraction of sp³-hybridized carbons (Fsp3) is 0.667. The van der Waals surface area contributed by atoms with Crippen molar-refractivity contribution in [2.75, 3.05) is 7.11 Å². The van der Waals surface area contributed by atoms with Crippen LogP contribution in [0.5, 0.6) is 5.88 Å². The van der Waals surface area contributed by atoms with Crippen molar-refractivity contribution in [3.05, 3.63) is 10.7 Å². The van der Waals surface area contributed by atoms with Crippen LogP contribution in [0, 0.1) is 5.92 Å². The standard InChI is InChI=1S/C12H17BrN2OS/c1-8-4-3-5-9(6-8)17-12-14-7-10(13)11(15-12)16-2/h7-9H,3-6H2,1-2H3. The number of rotatable bonds is 3. The highest BCUT2D eigenvalue weighted by Crippen LogP contribution is 2.35. The van der Waals surface area contributed by atoms with E-state index in [9.17, 15) is 0 Å². The lowest BCUT2D eigenvalue weighted by molar-refractivity contribution is 0.387. The number of hydrogen-bond donors (Lipinski definition) is 0. The zero-order chi connectivity index (χ0) is 12.3. The van der Waals surface area contributed by atoms with E-state index in [-0.39, 0.29) is 0 Å². The van der Waals surface area contributed by atoms with E-state index in [1.165, 1.54) is 25.7 Å². The van der Waals surface area contributed by atoms with Gasteiger partial charge in [-0.2, -0.15) is 4.98 Å². The fourth-order valence-corrected chi connectivity index (χ4v) is 3.78. The minimum absolute atomic E-state index is 0.617. The maximum absolute atomic E-state index is 5.18. The Morgan fingerprint density at radius 1 is 1.47 bits per heavy atom. The minimum Gasteiger partial charge on any atom is -0.480 e. The Morgan fingerprint density at radius 2 is 2.29 bits per heavy atom. The second kappa shape index (κ2) is 6.05. The average molecular weight is 317 g/mol. The minimum atomic E-state index is 0.617. The van der Waals surface area contributed by atoms with Crippen LogP contribution in [-0.4, -0.2) is 22.3 Å². The van der Waals surface area contributed by atoms with Gasteiger partial charge >= 0.3 is 0 Å². The summed E-state index contributed by atoms with van der Waals surface area (Å²) in [7, 11) is 1.63. The van der Waals surface area contributed by atoms with Crippen molar-refractivity contribution in [3.63, 3.8) is 0 Å². The third-order valence-corrected chi connectivity index (χ3v) is 4.76. The molecule has 2 rings (SSSR count). The van der Waals surface area contributed by atoms with Gasteiger partial charge in [-0.25, -0.2) is 4.98 Å². The maximum atomic E-state index is 5.18. The van der Waals surface area contributed by atoms with Crippen molar-refractivity contribution in [2.24, 2.45) is 5.92 Å². The predicted molar refractivity (Wildman–Crippen MR) is 73.6 cm³/mol. The Balaban J connectivity index is 2.02. The van der Waals surface area contributed by atoms with E-state index < -0.39 is 0 Å². The molecule has 0 bridgehead atoms. The monoisotopic (exact) mass is 316 g/mol. The van der Waals surface area contributed by atoms with Crippen LogP contribution in [0.3, 0.4) is 0 Å². The van der Waals surface area contributed by atoms with Crippen LogP contribution in [-0.2, 0) is 0 Å². The van der Waals surface area contributed by atoms with E-state index in [0.29, 0.717) is 11.1 Å².